The van der Waals surface area contributed by atoms with Gasteiger partial charge in [-0.15, -0.1) is 0 Å². The highest BCUT2D eigenvalue weighted by molar-refractivity contribution is 5.93. The Morgan fingerprint density at radius 3 is 1.88 bits per heavy atom. The van der Waals surface area contributed by atoms with Crippen molar-refractivity contribution in [2.45, 2.75) is 20.4 Å². The maximum atomic E-state index is 11.2. The Hall–Kier alpha value is -2.17. The molecule has 0 aliphatic heterocycles. The first-order chi connectivity index (χ1) is 7.91. The van der Waals surface area contributed by atoms with Gasteiger partial charge >= 0.3 is 0 Å². The Morgan fingerprint density at radius 1 is 1.06 bits per heavy atom. The molecule has 0 saturated carbocycles. The van der Waals surface area contributed by atoms with Gasteiger partial charge in [-0.25, -0.2) is 0 Å². The smallest absolute Gasteiger partial charge is 0.248 e. The van der Waals surface area contributed by atoms with E-state index in [1.807, 2.05) is 0 Å². The molecule has 0 bridgehead atoms. The molecule has 0 aliphatic carbocycles. The molecule has 5 heteroatoms. The molecule has 17 heavy (non-hydrogen) atoms. The second-order valence-corrected chi connectivity index (χ2v) is 3.69. The minimum atomic E-state index is -0.508. The minimum absolute atomic E-state index is 0.198. The van der Waals surface area contributed by atoms with Crippen LogP contribution in [0, 0.1) is 0 Å². The molecule has 0 saturated heterocycles. The van der Waals surface area contributed by atoms with Crippen molar-refractivity contribution in [2.75, 3.05) is 0 Å². The molecule has 1 aromatic carbocycles. The van der Waals surface area contributed by atoms with Gasteiger partial charge in [0.05, 0.1) is 6.54 Å². The van der Waals surface area contributed by atoms with Crippen molar-refractivity contribution in [2.24, 2.45) is 5.73 Å². The summed E-state index contributed by atoms with van der Waals surface area (Å²) in [6.07, 6.45) is 0. The van der Waals surface area contributed by atoms with E-state index in [0.29, 0.717) is 5.56 Å². The quantitative estimate of drug-likeness (QED) is 0.835. The molecule has 0 radical (unpaired) electrons. The maximum absolute atomic E-state index is 11.2. The van der Waals surface area contributed by atoms with Crippen molar-refractivity contribution in [3.8, 4) is 0 Å². The lowest BCUT2D eigenvalue weighted by atomic mass is 10.1. The molecule has 0 fully saturated rings. The van der Waals surface area contributed by atoms with Gasteiger partial charge in [-0.1, -0.05) is 12.1 Å². The highest BCUT2D eigenvalue weighted by Gasteiger charge is 2.13. The number of imide groups is 1. The number of carbonyl (C=O) groups excluding carboxylic acids is 3. The van der Waals surface area contributed by atoms with Gasteiger partial charge in [-0.3, -0.25) is 19.3 Å². The van der Waals surface area contributed by atoms with Crippen LogP contribution < -0.4 is 5.73 Å². The maximum Gasteiger partial charge on any atom is 0.248 e. The van der Waals surface area contributed by atoms with E-state index < -0.39 is 5.91 Å². The number of rotatable bonds is 3. The summed E-state index contributed by atoms with van der Waals surface area (Å²) < 4.78 is 0. The highest BCUT2D eigenvalue weighted by Crippen LogP contribution is 2.08. The Labute approximate surface area is 99.2 Å². The Balaban J connectivity index is 2.84. The summed E-state index contributed by atoms with van der Waals surface area (Å²) in [5.41, 5.74) is 6.26. The molecule has 0 aromatic heterocycles. The van der Waals surface area contributed by atoms with E-state index in [-0.39, 0.29) is 18.4 Å². The molecule has 1 aromatic rings. The second kappa shape index (κ2) is 5.25. The number of nitrogens with zero attached hydrogens (tertiary/aromatic N) is 1. The summed E-state index contributed by atoms with van der Waals surface area (Å²) in [4.78, 5) is 34.4. The lowest BCUT2D eigenvalue weighted by Crippen LogP contribution is -2.32. The summed E-state index contributed by atoms with van der Waals surface area (Å²) in [6.45, 7) is 2.86. The van der Waals surface area contributed by atoms with Crippen molar-refractivity contribution in [3.63, 3.8) is 0 Å². The van der Waals surface area contributed by atoms with E-state index >= 15 is 0 Å². The minimum Gasteiger partial charge on any atom is -0.366 e. The van der Waals surface area contributed by atoms with Crippen molar-refractivity contribution in [1.82, 2.24) is 4.90 Å². The zero-order chi connectivity index (χ0) is 13.0. The van der Waals surface area contributed by atoms with Gasteiger partial charge in [0, 0.05) is 19.4 Å². The van der Waals surface area contributed by atoms with Gasteiger partial charge in [0.15, 0.2) is 0 Å². The molecule has 0 spiro atoms. The van der Waals surface area contributed by atoms with Crippen LogP contribution in [-0.2, 0) is 16.1 Å². The third kappa shape index (κ3) is 3.41. The zero-order valence-electron chi connectivity index (χ0n) is 9.77. The van der Waals surface area contributed by atoms with E-state index in [2.05, 4.69) is 0 Å². The van der Waals surface area contributed by atoms with Crippen LogP contribution in [-0.4, -0.2) is 22.6 Å². The van der Waals surface area contributed by atoms with E-state index in [1.54, 1.807) is 24.3 Å². The van der Waals surface area contributed by atoms with Crippen LogP contribution in [0.1, 0.15) is 29.8 Å². The van der Waals surface area contributed by atoms with Crippen LogP contribution in [0.5, 0.6) is 0 Å². The number of primary amides is 1. The summed E-state index contributed by atoms with van der Waals surface area (Å²) >= 11 is 0. The number of amides is 3. The topological polar surface area (TPSA) is 80.5 Å². The van der Waals surface area contributed by atoms with Gasteiger partial charge < -0.3 is 5.73 Å². The predicted molar refractivity (Wildman–Crippen MR) is 61.9 cm³/mol. The third-order valence-corrected chi connectivity index (χ3v) is 2.34. The van der Waals surface area contributed by atoms with Crippen molar-refractivity contribution < 1.29 is 14.4 Å². The first kappa shape index (κ1) is 12.9. The first-order valence-corrected chi connectivity index (χ1v) is 5.09. The van der Waals surface area contributed by atoms with Crippen molar-refractivity contribution >= 4 is 17.7 Å². The second-order valence-electron chi connectivity index (χ2n) is 3.69. The molecule has 2 N–H and O–H groups in total. The van der Waals surface area contributed by atoms with Crippen molar-refractivity contribution in [3.05, 3.63) is 35.4 Å². The third-order valence-electron chi connectivity index (χ3n) is 2.34. The molecular weight excluding hydrogens is 220 g/mol. The highest BCUT2D eigenvalue weighted by atomic mass is 16.2. The SMILES string of the molecule is CC(=O)N(Cc1ccc(C(N)=O)cc1)C(C)=O. The van der Waals surface area contributed by atoms with Gasteiger partial charge in [0.2, 0.25) is 17.7 Å². The number of hydrogen-bond acceptors (Lipinski definition) is 3. The van der Waals surface area contributed by atoms with Crippen molar-refractivity contribution in [1.29, 1.82) is 0 Å². The van der Waals surface area contributed by atoms with Crippen LogP contribution in [0.25, 0.3) is 0 Å². The molecule has 90 valence electrons. The lowest BCUT2D eigenvalue weighted by Gasteiger charge is -2.17. The largest absolute Gasteiger partial charge is 0.366 e. The predicted octanol–water partition coefficient (Wildman–Crippen LogP) is 0.680. The molecule has 0 unspecified atom stereocenters. The van der Waals surface area contributed by atoms with E-state index in [9.17, 15) is 14.4 Å². The standard InChI is InChI=1S/C12H14N2O3/c1-8(15)14(9(2)16)7-10-3-5-11(6-4-10)12(13)17/h3-6H,7H2,1-2H3,(H2,13,17). The fourth-order valence-electron chi connectivity index (χ4n) is 1.40. The van der Waals surface area contributed by atoms with Crippen LogP contribution in [0.4, 0.5) is 0 Å². The Bertz CT molecular complexity index is 437. The van der Waals surface area contributed by atoms with Crippen LogP contribution in [0.15, 0.2) is 24.3 Å². The molecule has 0 aliphatic rings. The molecule has 0 heterocycles. The number of benzene rings is 1. The normalized spacial score (nSPS) is 9.76. The van der Waals surface area contributed by atoms with Gasteiger partial charge in [-0.05, 0) is 17.7 Å². The molecule has 5 nitrogen and oxygen atoms in total. The number of nitrogens with two attached hydrogens (primary N) is 1. The monoisotopic (exact) mass is 234 g/mol. The summed E-state index contributed by atoms with van der Waals surface area (Å²) in [7, 11) is 0. The Morgan fingerprint density at radius 2 is 1.53 bits per heavy atom. The fraction of sp³-hybridized carbons (Fsp3) is 0.250. The Kier molecular flexibility index (Phi) is 3.98. The summed E-state index contributed by atoms with van der Waals surface area (Å²) in [5, 5.41) is 0. The summed E-state index contributed by atoms with van der Waals surface area (Å²) in [5.74, 6) is -1.13. The van der Waals surface area contributed by atoms with Crippen LogP contribution in [0.2, 0.25) is 0 Å². The average molecular weight is 234 g/mol. The molecule has 3 amide bonds. The van der Waals surface area contributed by atoms with E-state index in [1.165, 1.54) is 13.8 Å². The molecule has 1 rings (SSSR count). The summed E-state index contributed by atoms with van der Waals surface area (Å²) in [6, 6.07) is 6.46. The van der Waals surface area contributed by atoms with Gasteiger partial charge in [0.1, 0.15) is 0 Å². The fourth-order valence-corrected chi connectivity index (χ4v) is 1.40. The van der Waals surface area contributed by atoms with E-state index in [0.717, 1.165) is 10.5 Å². The molecular formula is C12H14N2O3. The zero-order valence-corrected chi connectivity index (χ0v) is 9.77. The number of carbonyl (C=O) groups is 3. The van der Waals surface area contributed by atoms with Gasteiger partial charge in [-0.2, -0.15) is 0 Å². The van der Waals surface area contributed by atoms with Crippen LogP contribution >= 0.6 is 0 Å². The lowest BCUT2D eigenvalue weighted by molar-refractivity contribution is -0.142. The van der Waals surface area contributed by atoms with Crippen LogP contribution in [0.3, 0.4) is 0 Å². The van der Waals surface area contributed by atoms with Gasteiger partial charge in [0.25, 0.3) is 0 Å². The average Bonchev–Trinajstić information content (AvgIpc) is 2.25. The first-order valence-electron chi connectivity index (χ1n) is 5.09. The number of hydrogen-bond donors (Lipinski definition) is 1. The molecule has 0 atom stereocenters. The van der Waals surface area contributed by atoms with E-state index in [4.69, 9.17) is 5.73 Å².